The maximum atomic E-state index is 11.8. The monoisotopic (exact) mass is 295 g/mol. The number of allylic oxidation sites excluding steroid dienone is 1. The fourth-order valence-corrected chi connectivity index (χ4v) is 1.60. The van der Waals surface area contributed by atoms with Crippen LogP contribution in [0.25, 0.3) is 0 Å². The number of terminal acetylenes is 1. The summed E-state index contributed by atoms with van der Waals surface area (Å²) in [6.07, 6.45) is 8.75. The fraction of sp³-hybridized carbons (Fsp3) is 0.333. The van der Waals surface area contributed by atoms with Crippen LogP contribution in [0.15, 0.2) is 27.1 Å². The molecule has 0 saturated carbocycles. The summed E-state index contributed by atoms with van der Waals surface area (Å²) < 4.78 is 1.68. The quantitative estimate of drug-likeness (QED) is 0.683. The van der Waals surface area contributed by atoms with Crippen molar-refractivity contribution in [3.8, 4) is 12.3 Å². The lowest BCUT2D eigenvalue weighted by molar-refractivity contribution is 0.660. The van der Waals surface area contributed by atoms with E-state index in [9.17, 15) is 4.79 Å². The number of hydrogen-bond donors (Lipinski definition) is 1. The lowest BCUT2D eigenvalue weighted by Crippen LogP contribution is -2.24. The predicted molar refractivity (Wildman–Crippen MR) is 73.0 cm³/mol. The molecule has 0 unspecified atom stereocenters. The maximum absolute atomic E-state index is 11.8. The Morgan fingerprint density at radius 3 is 3.00 bits per heavy atom. The second-order valence-electron chi connectivity index (χ2n) is 3.70. The van der Waals surface area contributed by atoms with Crippen molar-refractivity contribution in [1.82, 2.24) is 9.78 Å². The molecule has 1 aromatic heterocycles. The number of aromatic nitrogens is 2. The normalized spacial score (nSPS) is 9.53. The van der Waals surface area contributed by atoms with E-state index in [-0.39, 0.29) is 12.1 Å². The first-order valence-corrected chi connectivity index (χ1v) is 5.92. The highest BCUT2D eigenvalue weighted by Crippen LogP contribution is 2.15. The van der Waals surface area contributed by atoms with Gasteiger partial charge in [0.05, 0.1) is 11.9 Å². The summed E-state index contributed by atoms with van der Waals surface area (Å²) in [4.78, 5) is 11.8. The maximum Gasteiger partial charge on any atom is 0.284 e. The van der Waals surface area contributed by atoms with E-state index in [1.54, 1.807) is 6.20 Å². The first-order valence-electron chi connectivity index (χ1n) is 5.12. The predicted octanol–water partition coefficient (Wildman–Crippen LogP) is 2.02. The van der Waals surface area contributed by atoms with Crippen LogP contribution in [-0.2, 0) is 6.54 Å². The van der Waals surface area contributed by atoms with Gasteiger partial charge in [0.1, 0.15) is 11.0 Å². The van der Waals surface area contributed by atoms with Crippen molar-refractivity contribution in [2.24, 2.45) is 0 Å². The highest BCUT2D eigenvalue weighted by molar-refractivity contribution is 9.10. The third-order valence-electron chi connectivity index (χ3n) is 2.03. The van der Waals surface area contributed by atoms with Crippen molar-refractivity contribution in [3.63, 3.8) is 0 Å². The van der Waals surface area contributed by atoms with Crippen molar-refractivity contribution >= 4 is 21.6 Å². The molecule has 0 aliphatic carbocycles. The zero-order valence-electron chi connectivity index (χ0n) is 9.83. The third kappa shape index (κ3) is 3.75. The molecular weight excluding hydrogens is 282 g/mol. The molecule has 0 radical (unpaired) electrons. The number of rotatable bonds is 4. The number of nitrogens with zero attached hydrogens (tertiary/aromatic N) is 2. The van der Waals surface area contributed by atoms with E-state index in [0.717, 1.165) is 0 Å². The van der Waals surface area contributed by atoms with Gasteiger partial charge in [0.2, 0.25) is 0 Å². The molecule has 0 atom stereocenters. The zero-order valence-corrected chi connectivity index (χ0v) is 11.4. The summed E-state index contributed by atoms with van der Waals surface area (Å²) in [6.45, 7) is 4.85. The van der Waals surface area contributed by atoms with Gasteiger partial charge < -0.3 is 5.32 Å². The fourth-order valence-electron chi connectivity index (χ4n) is 1.15. The molecule has 5 heteroatoms. The summed E-state index contributed by atoms with van der Waals surface area (Å²) in [7, 11) is 0. The van der Waals surface area contributed by atoms with Gasteiger partial charge in [-0.2, -0.15) is 5.10 Å². The van der Waals surface area contributed by atoms with Crippen molar-refractivity contribution in [2.75, 3.05) is 11.9 Å². The molecule has 0 saturated heterocycles. The second-order valence-corrected chi connectivity index (χ2v) is 4.49. The van der Waals surface area contributed by atoms with Gasteiger partial charge in [-0.1, -0.05) is 17.6 Å². The Morgan fingerprint density at radius 2 is 2.41 bits per heavy atom. The molecule has 0 aromatic carbocycles. The van der Waals surface area contributed by atoms with E-state index in [1.807, 2.05) is 19.9 Å². The minimum Gasteiger partial charge on any atom is -0.379 e. The Bertz CT molecular complexity index is 522. The van der Waals surface area contributed by atoms with E-state index >= 15 is 0 Å². The molecule has 4 nitrogen and oxygen atoms in total. The van der Waals surface area contributed by atoms with Gasteiger partial charge in [-0.25, -0.2) is 4.68 Å². The number of hydrogen-bond acceptors (Lipinski definition) is 3. The van der Waals surface area contributed by atoms with Crippen LogP contribution in [0.5, 0.6) is 0 Å². The van der Waals surface area contributed by atoms with Crippen LogP contribution in [0.2, 0.25) is 0 Å². The first kappa shape index (κ1) is 13.5. The molecule has 17 heavy (non-hydrogen) atoms. The summed E-state index contributed by atoms with van der Waals surface area (Å²) in [5.41, 5.74) is 1.65. The van der Waals surface area contributed by atoms with Gasteiger partial charge in [-0.05, 0) is 29.8 Å². The summed E-state index contributed by atoms with van der Waals surface area (Å²) in [5, 5.41) is 7.08. The standard InChI is InChI=1S/C12H14BrN3O/c1-4-7-16-12(17)11(13)10(8-15-16)14-6-5-9(2)3/h1,5,8,14H,6-7H2,2-3H3. The SMILES string of the molecule is C#CCn1ncc(NCC=C(C)C)c(Br)c1=O. The average Bonchev–Trinajstić information content (AvgIpc) is 2.28. The molecule has 0 amide bonds. The number of halogens is 1. The Hall–Kier alpha value is -1.54. The molecule has 0 aliphatic rings. The first-order chi connectivity index (χ1) is 8.06. The van der Waals surface area contributed by atoms with Crippen molar-refractivity contribution in [2.45, 2.75) is 20.4 Å². The molecule has 1 aromatic rings. The van der Waals surface area contributed by atoms with E-state index < -0.39 is 0 Å². The number of nitrogens with one attached hydrogen (secondary N) is 1. The Kier molecular flexibility index (Phi) is 4.98. The minimum absolute atomic E-state index is 0.172. The Morgan fingerprint density at radius 1 is 1.71 bits per heavy atom. The van der Waals surface area contributed by atoms with Crippen LogP contribution >= 0.6 is 15.9 Å². The smallest absolute Gasteiger partial charge is 0.284 e. The lowest BCUT2D eigenvalue weighted by atomic mass is 10.3. The van der Waals surface area contributed by atoms with Crippen LogP contribution in [0, 0.1) is 12.3 Å². The lowest BCUT2D eigenvalue weighted by Gasteiger charge is -2.07. The van der Waals surface area contributed by atoms with Crippen LogP contribution in [0.4, 0.5) is 5.69 Å². The minimum atomic E-state index is -0.231. The van der Waals surface area contributed by atoms with E-state index in [4.69, 9.17) is 6.42 Å². The zero-order chi connectivity index (χ0) is 12.8. The van der Waals surface area contributed by atoms with E-state index in [2.05, 4.69) is 32.3 Å². The Balaban J connectivity index is 2.90. The van der Waals surface area contributed by atoms with Gasteiger partial charge in [-0.15, -0.1) is 6.42 Å². The molecule has 1 N–H and O–H groups in total. The Labute approximate surface area is 109 Å². The van der Waals surface area contributed by atoms with Crippen molar-refractivity contribution in [3.05, 3.63) is 32.7 Å². The third-order valence-corrected chi connectivity index (χ3v) is 2.80. The molecular formula is C12H14BrN3O. The summed E-state index contributed by atoms with van der Waals surface area (Å²) in [6, 6.07) is 0. The second kappa shape index (κ2) is 6.26. The highest BCUT2D eigenvalue weighted by Gasteiger charge is 2.06. The molecule has 0 spiro atoms. The van der Waals surface area contributed by atoms with E-state index in [0.29, 0.717) is 16.7 Å². The van der Waals surface area contributed by atoms with Crippen LogP contribution < -0.4 is 10.9 Å². The van der Waals surface area contributed by atoms with Crippen molar-refractivity contribution < 1.29 is 0 Å². The van der Waals surface area contributed by atoms with E-state index in [1.165, 1.54) is 10.3 Å². The largest absolute Gasteiger partial charge is 0.379 e. The van der Waals surface area contributed by atoms with Gasteiger partial charge >= 0.3 is 0 Å². The summed E-state index contributed by atoms with van der Waals surface area (Å²) in [5.74, 6) is 2.38. The topological polar surface area (TPSA) is 46.9 Å². The molecule has 0 aliphatic heterocycles. The van der Waals surface area contributed by atoms with Gasteiger partial charge in [0.15, 0.2) is 0 Å². The van der Waals surface area contributed by atoms with Crippen molar-refractivity contribution in [1.29, 1.82) is 0 Å². The summed E-state index contributed by atoms with van der Waals surface area (Å²) >= 11 is 3.24. The number of anilines is 1. The average molecular weight is 296 g/mol. The molecule has 1 rings (SSSR count). The molecule has 1 heterocycles. The van der Waals surface area contributed by atoms with Gasteiger partial charge in [-0.3, -0.25) is 4.79 Å². The van der Waals surface area contributed by atoms with Gasteiger partial charge in [0.25, 0.3) is 5.56 Å². The van der Waals surface area contributed by atoms with Gasteiger partial charge in [0, 0.05) is 6.54 Å². The molecule has 90 valence electrons. The van der Waals surface area contributed by atoms with Crippen LogP contribution in [-0.4, -0.2) is 16.3 Å². The van der Waals surface area contributed by atoms with Crippen LogP contribution in [0.1, 0.15) is 13.8 Å². The highest BCUT2D eigenvalue weighted by atomic mass is 79.9. The molecule has 0 fully saturated rings. The molecule has 0 bridgehead atoms. The van der Waals surface area contributed by atoms with Crippen LogP contribution in [0.3, 0.4) is 0 Å².